The van der Waals surface area contributed by atoms with Gasteiger partial charge in [-0.05, 0) is 39.5 Å². The topological polar surface area (TPSA) is 57.7 Å². The molecule has 0 spiro atoms. The lowest BCUT2D eigenvalue weighted by Gasteiger charge is -2.33. The maximum atomic E-state index is 12.5. The number of sulfonamides is 1. The number of thiophene rings is 2. The van der Waals surface area contributed by atoms with Crippen LogP contribution in [0.5, 0.6) is 0 Å². The van der Waals surface area contributed by atoms with Crippen molar-refractivity contribution in [3.63, 3.8) is 0 Å². The van der Waals surface area contributed by atoms with Gasteiger partial charge in [-0.15, -0.1) is 22.7 Å². The Kier molecular flexibility index (Phi) is 5.22. The van der Waals surface area contributed by atoms with E-state index in [1.807, 2.05) is 17.5 Å². The number of hydrogen-bond acceptors (Lipinski definition) is 5. The molecule has 1 aliphatic heterocycles. The van der Waals surface area contributed by atoms with Crippen molar-refractivity contribution in [3.05, 3.63) is 38.3 Å². The zero-order valence-electron chi connectivity index (χ0n) is 12.1. The molecule has 0 saturated carbocycles. The molecular formula is C14H15BrN2O3S3. The van der Waals surface area contributed by atoms with E-state index in [1.54, 1.807) is 28.4 Å². The lowest BCUT2D eigenvalue weighted by Crippen LogP contribution is -2.50. The second kappa shape index (κ2) is 7.02. The predicted molar refractivity (Wildman–Crippen MR) is 95.4 cm³/mol. The molecule has 5 nitrogen and oxygen atoms in total. The molecule has 0 radical (unpaired) electrons. The number of halogens is 1. The Hall–Kier alpha value is -0.740. The third-order valence-electron chi connectivity index (χ3n) is 3.64. The van der Waals surface area contributed by atoms with E-state index in [4.69, 9.17) is 0 Å². The van der Waals surface area contributed by atoms with Crippen LogP contribution in [-0.2, 0) is 21.2 Å². The van der Waals surface area contributed by atoms with Gasteiger partial charge >= 0.3 is 0 Å². The maximum Gasteiger partial charge on any atom is 0.252 e. The first-order valence-electron chi connectivity index (χ1n) is 7.02. The molecule has 1 saturated heterocycles. The molecule has 0 bridgehead atoms. The third-order valence-corrected chi connectivity index (χ3v) is 8.51. The van der Waals surface area contributed by atoms with Crippen LogP contribution in [-0.4, -0.2) is 49.7 Å². The SMILES string of the molecule is O=C(Cc1cccs1)N1CCN(S(=O)(=O)c2ccc(Br)s2)CC1. The van der Waals surface area contributed by atoms with Crippen LogP contribution >= 0.6 is 38.6 Å². The molecule has 23 heavy (non-hydrogen) atoms. The van der Waals surface area contributed by atoms with Crippen molar-refractivity contribution in [2.24, 2.45) is 0 Å². The Morgan fingerprint density at radius 1 is 1.17 bits per heavy atom. The van der Waals surface area contributed by atoms with Crippen LogP contribution in [0.3, 0.4) is 0 Å². The molecule has 1 aliphatic rings. The summed E-state index contributed by atoms with van der Waals surface area (Å²) >= 11 is 6.06. The monoisotopic (exact) mass is 434 g/mol. The summed E-state index contributed by atoms with van der Waals surface area (Å²) in [5.74, 6) is 0.0587. The molecule has 0 atom stereocenters. The Morgan fingerprint density at radius 3 is 2.48 bits per heavy atom. The minimum absolute atomic E-state index is 0.0587. The fraction of sp³-hybridized carbons (Fsp3) is 0.357. The van der Waals surface area contributed by atoms with Gasteiger partial charge in [0, 0.05) is 31.1 Å². The Bertz CT molecular complexity index is 778. The highest BCUT2D eigenvalue weighted by Gasteiger charge is 2.31. The molecule has 0 aliphatic carbocycles. The summed E-state index contributed by atoms with van der Waals surface area (Å²) < 4.78 is 27.7. The van der Waals surface area contributed by atoms with Gasteiger partial charge in [0.05, 0.1) is 10.2 Å². The summed E-state index contributed by atoms with van der Waals surface area (Å²) in [6.07, 6.45) is 0.391. The highest BCUT2D eigenvalue weighted by atomic mass is 79.9. The van der Waals surface area contributed by atoms with E-state index in [0.717, 1.165) is 8.66 Å². The molecule has 1 fully saturated rings. The van der Waals surface area contributed by atoms with Crippen molar-refractivity contribution in [1.29, 1.82) is 0 Å². The van der Waals surface area contributed by atoms with Gasteiger partial charge in [-0.25, -0.2) is 8.42 Å². The van der Waals surface area contributed by atoms with Gasteiger partial charge in [-0.3, -0.25) is 4.79 Å². The van der Waals surface area contributed by atoms with Gasteiger partial charge in [0.25, 0.3) is 10.0 Å². The van der Waals surface area contributed by atoms with Crippen LogP contribution in [0, 0.1) is 0 Å². The number of nitrogens with zero attached hydrogens (tertiary/aromatic N) is 2. The zero-order chi connectivity index (χ0) is 16.4. The van der Waals surface area contributed by atoms with Crippen LogP contribution in [0.4, 0.5) is 0 Å². The lowest BCUT2D eigenvalue weighted by molar-refractivity contribution is -0.131. The first-order valence-corrected chi connectivity index (χ1v) is 11.0. The molecule has 124 valence electrons. The van der Waals surface area contributed by atoms with Gasteiger partial charge in [0.1, 0.15) is 4.21 Å². The van der Waals surface area contributed by atoms with E-state index < -0.39 is 10.0 Å². The van der Waals surface area contributed by atoms with Crippen LogP contribution in [0.15, 0.2) is 37.6 Å². The van der Waals surface area contributed by atoms with E-state index in [-0.39, 0.29) is 5.91 Å². The average Bonchev–Trinajstić information content (AvgIpc) is 3.19. The molecule has 9 heteroatoms. The Labute approximate surface area is 151 Å². The highest BCUT2D eigenvalue weighted by molar-refractivity contribution is 9.11. The second-order valence-electron chi connectivity index (χ2n) is 5.10. The molecule has 3 rings (SSSR count). The number of hydrogen-bond donors (Lipinski definition) is 0. The normalized spacial score (nSPS) is 16.7. The Morgan fingerprint density at radius 2 is 1.91 bits per heavy atom. The number of amides is 1. The van der Waals surface area contributed by atoms with Crippen molar-refractivity contribution in [1.82, 2.24) is 9.21 Å². The van der Waals surface area contributed by atoms with Crippen molar-refractivity contribution in [2.45, 2.75) is 10.6 Å². The summed E-state index contributed by atoms with van der Waals surface area (Å²) in [7, 11) is -3.45. The average molecular weight is 435 g/mol. The molecule has 2 aromatic rings. The van der Waals surface area contributed by atoms with E-state index in [9.17, 15) is 13.2 Å². The molecule has 0 N–H and O–H groups in total. The fourth-order valence-corrected chi connectivity index (χ4v) is 6.70. The summed E-state index contributed by atoms with van der Waals surface area (Å²) in [5.41, 5.74) is 0. The quantitative estimate of drug-likeness (QED) is 0.742. The van der Waals surface area contributed by atoms with Gasteiger partial charge < -0.3 is 4.90 Å². The predicted octanol–water partition coefficient (Wildman–Crippen LogP) is 2.65. The van der Waals surface area contributed by atoms with Gasteiger partial charge in [-0.2, -0.15) is 4.31 Å². The van der Waals surface area contributed by atoms with Crippen LogP contribution < -0.4 is 0 Å². The lowest BCUT2D eigenvalue weighted by atomic mass is 10.3. The number of piperazine rings is 1. The molecular weight excluding hydrogens is 420 g/mol. The van der Waals surface area contributed by atoms with Gasteiger partial charge in [0.15, 0.2) is 0 Å². The van der Waals surface area contributed by atoms with Crippen LogP contribution in [0.2, 0.25) is 0 Å². The minimum Gasteiger partial charge on any atom is -0.340 e. The summed E-state index contributed by atoms with van der Waals surface area (Å²) in [5, 5.41) is 1.95. The van der Waals surface area contributed by atoms with E-state index in [2.05, 4.69) is 15.9 Å². The molecule has 3 heterocycles. The standard InChI is InChI=1S/C14H15BrN2O3S3/c15-12-3-4-14(22-12)23(19,20)17-7-5-16(6-8-17)13(18)10-11-2-1-9-21-11/h1-4,9H,5-8,10H2. The van der Waals surface area contributed by atoms with E-state index in [1.165, 1.54) is 15.6 Å². The second-order valence-corrected chi connectivity index (χ2v) is 10.8. The first-order chi connectivity index (χ1) is 11.0. The van der Waals surface area contributed by atoms with Gasteiger partial charge in [0.2, 0.25) is 5.91 Å². The highest BCUT2D eigenvalue weighted by Crippen LogP contribution is 2.29. The van der Waals surface area contributed by atoms with Crippen molar-refractivity contribution in [2.75, 3.05) is 26.2 Å². The third kappa shape index (κ3) is 3.85. The maximum absolute atomic E-state index is 12.5. The van der Waals surface area contributed by atoms with Crippen LogP contribution in [0.25, 0.3) is 0 Å². The summed E-state index contributed by atoms with van der Waals surface area (Å²) in [6, 6.07) is 7.21. The molecule has 0 aromatic carbocycles. The fourth-order valence-electron chi connectivity index (χ4n) is 2.42. The number of carbonyl (C=O) groups excluding carboxylic acids is 1. The van der Waals surface area contributed by atoms with Crippen molar-refractivity contribution >= 4 is 54.5 Å². The summed E-state index contributed by atoms with van der Waals surface area (Å²) in [4.78, 5) is 15.0. The number of rotatable bonds is 4. The van der Waals surface area contributed by atoms with Crippen molar-refractivity contribution < 1.29 is 13.2 Å². The van der Waals surface area contributed by atoms with E-state index >= 15 is 0 Å². The largest absolute Gasteiger partial charge is 0.340 e. The van der Waals surface area contributed by atoms with Gasteiger partial charge in [-0.1, -0.05) is 6.07 Å². The Balaban J connectivity index is 1.61. The van der Waals surface area contributed by atoms with E-state index in [0.29, 0.717) is 36.8 Å². The van der Waals surface area contributed by atoms with Crippen LogP contribution in [0.1, 0.15) is 4.88 Å². The first kappa shape index (κ1) is 17.1. The minimum atomic E-state index is -3.45. The summed E-state index contributed by atoms with van der Waals surface area (Å²) in [6.45, 7) is 1.56. The molecule has 2 aromatic heterocycles. The number of carbonyl (C=O) groups is 1. The zero-order valence-corrected chi connectivity index (χ0v) is 16.2. The molecule has 1 amide bonds. The smallest absolute Gasteiger partial charge is 0.252 e. The molecule has 0 unspecified atom stereocenters. The van der Waals surface area contributed by atoms with Crippen molar-refractivity contribution in [3.8, 4) is 0 Å².